The average Bonchev–Trinajstić information content (AvgIpc) is 2.98. The van der Waals surface area contributed by atoms with Crippen molar-refractivity contribution in [3.8, 4) is 11.3 Å². The Balaban J connectivity index is 1.84. The monoisotopic (exact) mass is 378 g/mol. The van der Waals surface area contributed by atoms with Crippen LogP contribution in [0.15, 0.2) is 59.4 Å². The van der Waals surface area contributed by atoms with Crippen LogP contribution in [-0.4, -0.2) is 21.5 Å². The molecular weight excluding hydrogens is 360 g/mol. The summed E-state index contributed by atoms with van der Waals surface area (Å²) in [6.45, 7) is 3.67. The molecule has 4 rings (SSSR count). The molecule has 6 heteroatoms. The van der Waals surface area contributed by atoms with Crippen LogP contribution >= 0.6 is 11.3 Å². The minimum absolute atomic E-state index is 0.130. The lowest BCUT2D eigenvalue weighted by molar-refractivity contribution is -0.146. The fraction of sp³-hybridized carbons (Fsp3) is 0.190. The topological polar surface area (TPSA) is 60.7 Å². The molecule has 27 heavy (non-hydrogen) atoms. The van der Waals surface area contributed by atoms with Crippen LogP contribution in [0, 0.1) is 0 Å². The third-order valence-corrected chi connectivity index (χ3v) is 5.15. The molecule has 0 radical (unpaired) electrons. The number of carbonyl (C=O) groups is 1. The first-order valence-corrected chi connectivity index (χ1v) is 9.53. The summed E-state index contributed by atoms with van der Waals surface area (Å²) < 4.78 is 8.19. The first kappa shape index (κ1) is 17.4. The van der Waals surface area contributed by atoms with Gasteiger partial charge in [-0.15, -0.1) is 0 Å². The molecule has 0 spiro atoms. The van der Waals surface area contributed by atoms with Crippen LogP contribution in [0.3, 0.4) is 0 Å². The van der Waals surface area contributed by atoms with Crippen molar-refractivity contribution in [3.63, 3.8) is 0 Å². The van der Waals surface area contributed by atoms with Crippen molar-refractivity contribution in [2.75, 3.05) is 0 Å². The van der Waals surface area contributed by atoms with Gasteiger partial charge in [-0.25, -0.2) is 0 Å². The predicted octanol–water partition coefficient (Wildman–Crippen LogP) is 4.07. The molecule has 0 saturated heterocycles. The number of hydrogen-bond acceptors (Lipinski definition) is 5. The summed E-state index contributed by atoms with van der Waals surface area (Å²) in [4.78, 5) is 28.8. The Hall–Kier alpha value is -2.99. The quantitative estimate of drug-likeness (QED) is 0.502. The third kappa shape index (κ3) is 3.48. The van der Waals surface area contributed by atoms with Gasteiger partial charge in [0.05, 0.1) is 28.4 Å². The number of carbonyl (C=O) groups excluding carboxylic acids is 1. The van der Waals surface area contributed by atoms with Gasteiger partial charge in [0.1, 0.15) is 0 Å². The molecule has 0 aliphatic carbocycles. The van der Waals surface area contributed by atoms with Crippen molar-refractivity contribution in [1.82, 2.24) is 9.38 Å². The Morgan fingerprint density at radius 2 is 1.93 bits per heavy atom. The minimum atomic E-state index is -0.263. The van der Waals surface area contributed by atoms with Gasteiger partial charge in [0.2, 0.25) is 0 Å². The van der Waals surface area contributed by atoms with Crippen molar-refractivity contribution < 1.29 is 9.53 Å². The summed E-state index contributed by atoms with van der Waals surface area (Å²) in [6, 6.07) is 17.2. The molecular formula is C21H18N2O3S. The van der Waals surface area contributed by atoms with Gasteiger partial charge in [0.25, 0.3) is 5.56 Å². The Labute approximate surface area is 159 Å². The Kier molecular flexibility index (Phi) is 4.49. The molecule has 0 fully saturated rings. The molecule has 0 saturated carbocycles. The van der Waals surface area contributed by atoms with Crippen LogP contribution in [0.25, 0.3) is 26.4 Å². The van der Waals surface area contributed by atoms with Crippen molar-refractivity contribution in [3.05, 3.63) is 70.5 Å². The highest BCUT2D eigenvalue weighted by molar-refractivity contribution is 7.23. The maximum absolute atomic E-state index is 12.1. The van der Waals surface area contributed by atoms with E-state index >= 15 is 0 Å². The van der Waals surface area contributed by atoms with Gasteiger partial charge >= 0.3 is 5.97 Å². The van der Waals surface area contributed by atoms with E-state index in [1.165, 1.54) is 11.3 Å². The molecule has 0 atom stereocenters. The maximum atomic E-state index is 12.1. The Bertz CT molecular complexity index is 1190. The lowest BCUT2D eigenvalue weighted by Gasteiger charge is -2.08. The zero-order valence-electron chi connectivity index (χ0n) is 15.0. The summed E-state index contributed by atoms with van der Waals surface area (Å²) in [5.41, 5.74) is 3.34. The first-order chi connectivity index (χ1) is 13.0. The summed E-state index contributed by atoms with van der Waals surface area (Å²) in [6.07, 6.45) is 0.0907. The standard InChI is InChI=1S/C21H18N2O3S/c1-13(2)26-20(25)11-14-8-9-16-18(10-14)27-21-22-19(24)12-17(23(16)21)15-6-4-3-5-7-15/h3-10,12-13H,11H2,1-2H3. The van der Waals surface area contributed by atoms with Gasteiger partial charge in [-0.05, 0) is 37.1 Å². The molecule has 5 nitrogen and oxygen atoms in total. The lowest BCUT2D eigenvalue weighted by atomic mass is 10.1. The summed E-state index contributed by atoms with van der Waals surface area (Å²) >= 11 is 1.44. The van der Waals surface area contributed by atoms with Crippen molar-refractivity contribution in [1.29, 1.82) is 0 Å². The second kappa shape index (κ2) is 6.96. The van der Waals surface area contributed by atoms with E-state index in [2.05, 4.69) is 4.98 Å². The van der Waals surface area contributed by atoms with Crippen LogP contribution in [0.2, 0.25) is 0 Å². The molecule has 2 heterocycles. The van der Waals surface area contributed by atoms with E-state index in [1.54, 1.807) is 6.07 Å². The number of ether oxygens (including phenoxy) is 1. The largest absolute Gasteiger partial charge is 0.463 e. The number of rotatable bonds is 4. The number of fused-ring (bicyclic) bond motifs is 3. The third-order valence-electron chi connectivity index (χ3n) is 4.15. The fourth-order valence-electron chi connectivity index (χ4n) is 3.09. The maximum Gasteiger partial charge on any atom is 0.310 e. The number of esters is 1. The molecule has 4 aromatic rings. The predicted molar refractivity (Wildman–Crippen MR) is 107 cm³/mol. The molecule has 0 aliphatic heterocycles. The number of aromatic nitrogens is 2. The number of nitrogens with zero attached hydrogens (tertiary/aromatic N) is 2. The molecule has 2 aromatic carbocycles. The van der Waals surface area contributed by atoms with Crippen molar-refractivity contribution in [2.45, 2.75) is 26.4 Å². The fourth-order valence-corrected chi connectivity index (χ4v) is 4.18. The number of hydrogen-bond donors (Lipinski definition) is 0. The van der Waals surface area contributed by atoms with Gasteiger partial charge in [-0.2, -0.15) is 4.98 Å². The highest BCUT2D eigenvalue weighted by Crippen LogP contribution is 2.30. The molecule has 2 aromatic heterocycles. The smallest absolute Gasteiger partial charge is 0.310 e. The normalized spacial score (nSPS) is 11.4. The molecule has 0 amide bonds. The zero-order valence-corrected chi connectivity index (χ0v) is 15.8. The van der Waals surface area contributed by atoms with Gasteiger partial charge in [-0.3, -0.25) is 14.0 Å². The van der Waals surface area contributed by atoms with E-state index < -0.39 is 0 Å². The van der Waals surface area contributed by atoms with E-state index in [0.717, 1.165) is 27.0 Å². The van der Waals surface area contributed by atoms with Crippen LogP contribution in [0.4, 0.5) is 0 Å². The van der Waals surface area contributed by atoms with E-state index in [4.69, 9.17) is 4.74 Å². The van der Waals surface area contributed by atoms with E-state index in [-0.39, 0.29) is 24.1 Å². The number of thiazole rings is 1. The van der Waals surface area contributed by atoms with Crippen molar-refractivity contribution >= 4 is 32.5 Å². The van der Waals surface area contributed by atoms with Gasteiger partial charge in [0.15, 0.2) is 4.96 Å². The van der Waals surface area contributed by atoms with Crippen LogP contribution < -0.4 is 5.56 Å². The van der Waals surface area contributed by atoms with E-state index in [9.17, 15) is 9.59 Å². The molecule has 0 bridgehead atoms. The van der Waals surface area contributed by atoms with E-state index in [0.29, 0.717) is 4.96 Å². The second-order valence-electron chi connectivity index (χ2n) is 6.58. The molecule has 0 N–H and O–H groups in total. The summed E-state index contributed by atoms with van der Waals surface area (Å²) in [5.74, 6) is -0.247. The average molecular weight is 378 g/mol. The Morgan fingerprint density at radius 3 is 2.67 bits per heavy atom. The van der Waals surface area contributed by atoms with E-state index in [1.807, 2.05) is 66.8 Å². The molecule has 0 aliphatic rings. The van der Waals surface area contributed by atoms with Crippen LogP contribution in [0.1, 0.15) is 19.4 Å². The summed E-state index contributed by atoms with van der Waals surface area (Å²) in [5, 5.41) is 0. The lowest BCUT2D eigenvalue weighted by Crippen LogP contribution is -2.13. The highest BCUT2D eigenvalue weighted by Gasteiger charge is 2.14. The zero-order chi connectivity index (χ0) is 19.0. The molecule has 0 unspecified atom stereocenters. The minimum Gasteiger partial charge on any atom is -0.463 e. The first-order valence-electron chi connectivity index (χ1n) is 8.71. The highest BCUT2D eigenvalue weighted by atomic mass is 32.1. The van der Waals surface area contributed by atoms with Gasteiger partial charge in [0, 0.05) is 6.07 Å². The van der Waals surface area contributed by atoms with Crippen LogP contribution in [-0.2, 0) is 16.0 Å². The van der Waals surface area contributed by atoms with Gasteiger partial charge in [-0.1, -0.05) is 47.7 Å². The van der Waals surface area contributed by atoms with Crippen molar-refractivity contribution in [2.24, 2.45) is 0 Å². The number of benzene rings is 2. The summed E-state index contributed by atoms with van der Waals surface area (Å²) in [7, 11) is 0. The molecule has 136 valence electrons. The van der Waals surface area contributed by atoms with Gasteiger partial charge < -0.3 is 4.74 Å². The van der Waals surface area contributed by atoms with Crippen LogP contribution in [0.5, 0.6) is 0 Å². The Morgan fingerprint density at radius 1 is 1.15 bits per heavy atom. The SMILES string of the molecule is CC(C)OC(=O)Cc1ccc2c(c1)sc1nc(=O)cc(-c3ccccc3)n12. The second-order valence-corrected chi connectivity index (χ2v) is 7.59.